The van der Waals surface area contributed by atoms with Crippen LogP contribution < -0.4 is 11.1 Å². The van der Waals surface area contributed by atoms with Crippen LogP contribution in [0.1, 0.15) is 59.7 Å². The van der Waals surface area contributed by atoms with Crippen LogP contribution in [0.4, 0.5) is 5.82 Å². The molecule has 2 aromatic rings. The van der Waals surface area contributed by atoms with Gasteiger partial charge in [-0.05, 0) is 31.9 Å². The summed E-state index contributed by atoms with van der Waals surface area (Å²) in [5.41, 5.74) is 7.74. The topological polar surface area (TPSA) is 91.2 Å². The molecule has 0 saturated heterocycles. The zero-order valence-corrected chi connectivity index (χ0v) is 14.9. The van der Waals surface area contributed by atoms with Crippen molar-refractivity contribution in [3.8, 4) is 0 Å². The first-order chi connectivity index (χ1) is 12.0. The van der Waals surface area contributed by atoms with E-state index in [1.165, 1.54) is 19.3 Å². The monoisotopic (exact) mass is 342 g/mol. The van der Waals surface area contributed by atoms with Gasteiger partial charge in [0.2, 0.25) is 0 Å². The third-order valence-corrected chi connectivity index (χ3v) is 5.08. The highest BCUT2D eigenvalue weighted by atomic mass is 16.2. The van der Waals surface area contributed by atoms with Gasteiger partial charge in [-0.2, -0.15) is 0 Å². The number of fused-ring (bicyclic) bond motifs is 1. The molecule has 6 heteroatoms. The zero-order valence-electron chi connectivity index (χ0n) is 14.9. The van der Waals surface area contributed by atoms with E-state index in [9.17, 15) is 9.59 Å². The maximum atomic E-state index is 12.8. The number of nitrogen functional groups attached to an aromatic ring is 1. The minimum atomic E-state index is -0.204. The van der Waals surface area contributed by atoms with Crippen LogP contribution >= 0.6 is 0 Å². The van der Waals surface area contributed by atoms with Gasteiger partial charge in [0.15, 0.2) is 0 Å². The molecule has 1 aromatic heterocycles. The summed E-state index contributed by atoms with van der Waals surface area (Å²) in [6.07, 6.45) is 5.77. The molecule has 1 aliphatic carbocycles. The Balaban J connectivity index is 1.88. The largest absolute Gasteiger partial charge is 0.385 e. The van der Waals surface area contributed by atoms with Gasteiger partial charge in [0.05, 0.1) is 5.56 Å². The lowest BCUT2D eigenvalue weighted by molar-refractivity contribution is 0.0696. The first-order valence-corrected chi connectivity index (χ1v) is 8.99. The minimum Gasteiger partial charge on any atom is -0.385 e. The Morgan fingerprint density at radius 3 is 2.68 bits per heavy atom. The first-order valence-electron chi connectivity index (χ1n) is 8.99. The van der Waals surface area contributed by atoms with Crippen molar-refractivity contribution in [2.75, 3.05) is 19.3 Å². The Morgan fingerprint density at radius 1 is 1.28 bits per heavy atom. The van der Waals surface area contributed by atoms with E-state index in [2.05, 4.69) is 10.3 Å². The van der Waals surface area contributed by atoms with Gasteiger partial charge in [-0.25, -0.2) is 0 Å². The fraction of sp³-hybridized carbons (Fsp3) is 0.474. The molecule has 3 rings (SSSR count). The standard InChI is InChI=1S/C19H26N4O2/c1-3-21-18(24)16-14-10-9-12(11-15(14)22-17(16)20)19(25)23(2)13-7-5-4-6-8-13/h9-11,13,22H,3-8,20H2,1-2H3,(H,21,24). The number of aromatic amines is 1. The highest BCUT2D eigenvalue weighted by molar-refractivity contribution is 6.12. The summed E-state index contributed by atoms with van der Waals surface area (Å²) in [5, 5.41) is 3.50. The smallest absolute Gasteiger partial charge is 0.255 e. The number of anilines is 1. The summed E-state index contributed by atoms with van der Waals surface area (Å²) in [4.78, 5) is 29.9. The molecule has 2 amide bonds. The maximum Gasteiger partial charge on any atom is 0.255 e. The van der Waals surface area contributed by atoms with Crippen LogP contribution in [0.5, 0.6) is 0 Å². The molecule has 0 radical (unpaired) electrons. The number of nitrogens with one attached hydrogen (secondary N) is 2. The average molecular weight is 342 g/mol. The third kappa shape index (κ3) is 3.34. The highest BCUT2D eigenvalue weighted by Crippen LogP contribution is 2.27. The van der Waals surface area contributed by atoms with E-state index in [-0.39, 0.29) is 11.8 Å². The summed E-state index contributed by atoms with van der Waals surface area (Å²) in [5.74, 6) is 0.136. The minimum absolute atomic E-state index is 0.0153. The Bertz CT molecular complexity index is 790. The summed E-state index contributed by atoms with van der Waals surface area (Å²) >= 11 is 0. The van der Waals surface area contributed by atoms with Crippen molar-refractivity contribution in [1.82, 2.24) is 15.2 Å². The maximum absolute atomic E-state index is 12.8. The van der Waals surface area contributed by atoms with Crippen LogP contribution in [-0.4, -0.2) is 41.3 Å². The van der Waals surface area contributed by atoms with Crippen LogP contribution in [-0.2, 0) is 0 Å². The molecule has 25 heavy (non-hydrogen) atoms. The molecule has 0 atom stereocenters. The van der Waals surface area contributed by atoms with Gasteiger partial charge in [0, 0.05) is 36.1 Å². The van der Waals surface area contributed by atoms with Crippen LogP contribution in [0.2, 0.25) is 0 Å². The van der Waals surface area contributed by atoms with Crippen molar-refractivity contribution in [3.63, 3.8) is 0 Å². The number of nitrogens with zero attached hydrogens (tertiary/aromatic N) is 1. The van der Waals surface area contributed by atoms with Crippen molar-refractivity contribution >= 4 is 28.5 Å². The van der Waals surface area contributed by atoms with E-state index in [1.54, 1.807) is 18.2 Å². The van der Waals surface area contributed by atoms with Gasteiger partial charge in [0.1, 0.15) is 5.82 Å². The number of hydrogen-bond donors (Lipinski definition) is 3. The second kappa shape index (κ2) is 7.17. The molecule has 0 unspecified atom stereocenters. The number of carbonyl (C=O) groups is 2. The van der Waals surface area contributed by atoms with Gasteiger partial charge in [0.25, 0.3) is 11.8 Å². The number of aromatic nitrogens is 1. The van der Waals surface area contributed by atoms with Crippen molar-refractivity contribution in [2.24, 2.45) is 0 Å². The molecule has 1 aromatic carbocycles. The fourth-order valence-corrected chi connectivity index (χ4v) is 3.68. The number of hydrogen-bond acceptors (Lipinski definition) is 3. The van der Waals surface area contributed by atoms with E-state index in [1.807, 2.05) is 18.9 Å². The number of H-pyrrole nitrogens is 1. The molecular weight excluding hydrogens is 316 g/mol. The van der Waals surface area contributed by atoms with E-state index in [0.29, 0.717) is 35.0 Å². The highest BCUT2D eigenvalue weighted by Gasteiger charge is 2.24. The Morgan fingerprint density at radius 2 is 2.00 bits per heavy atom. The zero-order chi connectivity index (χ0) is 18.0. The predicted octanol–water partition coefficient (Wildman–Crippen LogP) is 2.90. The number of benzene rings is 1. The fourth-order valence-electron chi connectivity index (χ4n) is 3.68. The molecule has 1 fully saturated rings. The van der Waals surface area contributed by atoms with Gasteiger partial charge in [-0.15, -0.1) is 0 Å². The van der Waals surface area contributed by atoms with Crippen molar-refractivity contribution in [1.29, 1.82) is 0 Å². The Kier molecular flexibility index (Phi) is 4.97. The molecule has 0 bridgehead atoms. The Labute approximate surface area is 147 Å². The number of carbonyl (C=O) groups excluding carboxylic acids is 2. The number of nitrogens with two attached hydrogens (primary N) is 1. The Hall–Kier alpha value is -2.50. The molecule has 0 spiro atoms. The number of amides is 2. The molecule has 6 nitrogen and oxygen atoms in total. The lowest BCUT2D eigenvalue weighted by atomic mass is 9.94. The molecular formula is C19H26N4O2. The molecule has 1 aliphatic rings. The van der Waals surface area contributed by atoms with E-state index >= 15 is 0 Å². The van der Waals surface area contributed by atoms with Gasteiger partial charge in [-0.3, -0.25) is 9.59 Å². The van der Waals surface area contributed by atoms with E-state index in [4.69, 9.17) is 5.73 Å². The lowest BCUT2D eigenvalue weighted by Gasteiger charge is -2.31. The first kappa shape index (κ1) is 17.3. The summed E-state index contributed by atoms with van der Waals surface area (Å²) in [6, 6.07) is 5.68. The van der Waals surface area contributed by atoms with Crippen LogP contribution in [0, 0.1) is 0 Å². The SMILES string of the molecule is CCNC(=O)c1c(N)[nH]c2cc(C(=O)N(C)C3CCCCC3)ccc12. The van der Waals surface area contributed by atoms with E-state index < -0.39 is 0 Å². The molecule has 134 valence electrons. The normalized spacial score (nSPS) is 15.3. The second-order valence-corrected chi connectivity index (χ2v) is 6.74. The van der Waals surface area contributed by atoms with Crippen LogP contribution in [0.3, 0.4) is 0 Å². The quantitative estimate of drug-likeness (QED) is 0.798. The van der Waals surface area contributed by atoms with Crippen LogP contribution in [0.25, 0.3) is 10.9 Å². The number of rotatable bonds is 4. The molecule has 1 heterocycles. The van der Waals surface area contributed by atoms with Crippen molar-refractivity contribution in [2.45, 2.75) is 45.1 Å². The predicted molar refractivity (Wildman–Crippen MR) is 99.7 cm³/mol. The van der Waals surface area contributed by atoms with Gasteiger partial charge in [-0.1, -0.05) is 25.3 Å². The van der Waals surface area contributed by atoms with Gasteiger partial charge < -0.3 is 20.9 Å². The van der Waals surface area contributed by atoms with Gasteiger partial charge >= 0.3 is 0 Å². The van der Waals surface area contributed by atoms with Crippen molar-refractivity contribution < 1.29 is 9.59 Å². The van der Waals surface area contributed by atoms with Crippen LogP contribution in [0.15, 0.2) is 18.2 Å². The summed E-state index contributed by atoms with van der Waals surface area (Å²) in [7, 11) is 1.88. The second-order valence-electron chi connectivity index (χ2n) is 6.74. The molecule has 0 aliphatic heterocycles. The summed E-state index contributed by atoms with van der Waals surface area (Å²) in [6.45, 7) is 2.40. The lowest BCUT2D eigenvalue weighted by Crippen LogP contribution is -2.38. The average Bonchev–Trinajstić information content (AvgIpc) is 2.96. The molecule has 4 N–H and O–H groups in total. The van der Waals surface area contributed by atoms with Crippen molar-refractivity contribution in [3.05, 3.63) is 29.3 Å². The third-order valence-electron chi connectivity index (χ3n) is 5.08. The molecule has 1 saturated carbocycles. The summed E-state index contributed by atoms with van der Waals surface area (Å²) < 4.78 is 0. The van der Waals surface area contributed by atoms with E-state index in [0.717, 1.165) is 18.2 Å².